The molecule has 0 fully saturated rings. The molecule has 30 heavy (non-hydrogen) atoms. The first-order valence-corrected chi connectivity index (χ1v) is 10.3. The summed E-state index contributed by atoms with van der Waals surface area (Å²) in [5.74, 6) is -0.171. The van der Waals surface area contributed by atoms with E-state index in [0.717, 1.165) is 16.7 Å². The van der Waals surface area contributed by atoms with Crippen LogP contribution in [0.15, 0.2) is 90.0 Å². The van der Waals surface area contributed by atoms with Crippen LogP contribution in [0.5, 0.6) is 0 Å². The van der Waals surface area contributed by atoms with Crippen LogP contribution in [-0.2, 0) is 0 Å². The van der Waals surface area contributed by atoms with Crippen molar-refractivity contribution in [3.05, 3.63) is 102 Å². The van der Waals surface area contributed by atoms with E-state index < -0.39 is 0 Å². The second-order valence-corrected chi connectivity index (χ2v) is 7.66. The van der Waals surface area contributed by atoms with Gasteiger partial charge in [-0.05, 0) is 24.6 Å². The number of anilines is 2. The average molecular weight is 413 g/mol. The molecule has 6 heteroatoms. The zero-order valence-corrected chi connectivity index (χ0v) is 17.2. The minimum absolute atomic E-state index is 0.171. The van der Waals surface area contributed by atoms with Crippen molar-refractivity contribution >= 4 is 33.6 Å². The summed E-state index contributed by atoms with van der Waals surface area (Å²) in [6, 6.07) is 27.1. The van der Waals surface area contributed by atoms with E-state index in [9.17, 15) is 4.79 Å². The first-order valence-electron chi connectivity index (χ1n) is 9.47. The monoisotopic (exact) mass is 412 g/mol. The number of hydrogen-bond acceptors (Lipinski definition) is 5. The Morgan fingerprint density at radius 2 is 1.60 bits per heavy atom. The molecule has 5 nitrogen and oxygen atoms in total. The molecule has 3 aromatic carbocycles. The lowest BCUT2D eigenvalue weighted by Crippen LogP contribution is -2.11. The number of hydrazone groups is 1. The van der Waals surface area contributed by atoms with E-state index in [1.165, 1.54) is 11.3 Å². The summed E-state index contributed by atoms with van der Waals surface area (Å²) in [5, 5.41) is 8.53. The highest BCUT2D eigenvalue weighted by Crippen LogP contribution is 2.36. The van der Waals surface area contributed by atoms with Gasteiger partial charge in [0.25, 0.3) is 5.91 Å². The summed E-state index contributed by atoms with van der Waals surface area (Å²) in [5.41, 5.74) is 7.29. The topological polar surface area (TPSA) is 66.4 Å². The van der Waals surface area contributed by atoms with Crippen molar-refractivity contribution in [2.45, 2.75) is 6.92 Å². The van der Waals surface area contributed by atoms with Crippen LogP contribution in [0.3, 0.4) is 0 Å². The van der Waals surface area contributed by atoms with Crippen LogP contribution in [0.25, 0.3) is 11.3 Å². The summed E-state index contributed by atoms with van der Waals surface area (Å²) in [4.78, 5) is 17.4. The fourth-order valence-electron chi connectivity index (χ4n) is 2.83. The van der Waals surface area contributed by atoms with E-state index in [0.29, 0.717) is 21.4 Å². The quantitative estimate of drug-likeness (QED) is 0.310. The van der Waals surface area contributed by atoms with E-state index in [1.807, 2.05) is 91.9 Å². The zero-order chi connectivity index (χ0) is 20.8. The molecule has 0 bridgehead atoms. The Labute approximate surface area is 179 Å². The number of nitrogens with zero attached hydrogens (tertiary/aromatic N) is 2. The predicted octanol–water partition coefficient (Wildman–Crippen LogP) is 5.82. The van der Waals surface area contributed by atoms with Gasteiger partial charge in [0.2, 0.25) is 5.13 Å². The summed E-state index contributed by atoms with van der Waals surface area (Å²) in [6.07, 6.45) is 1.73. The van der Waals surface area contributed by atoms with Crippen LogP contribution in [0.1, 0.15) is 21.5 Å². The molecule has 4 aromatic rings. The van der Waals surface area contributed by atoms with Crippen LogP contribution in [0, 0.1) is 6.92 Å². The SMILES string of the molecule is Cc1ccc(C(=O)Nc2sc(N/N=C\c3ccccc3)nc2-c2ccccc2)cc1. The lowest BCUT2D eigenvalue weighted by atomic mass is 10.1. The van der Waals surface area contributed by atoms with Crippen molar-refractivity contribution in [1.29, 1.82) is 0 Å². The van der Waals surface area contributed by atoms with Crippen LogP contribution in [-0.4, -0.2) is 17.1 Å². The van der Waals surface area contributed by atoms with Crippen molar-refractivity contribution in [1.82, 2.24) is 4.98 Å². The van der Waals surface area contributed by atoms with Gasteiger partial charge < -0.3 is 5.32 Å². The molecule has 0 saturated carbocycles. The number of benzene rings is 3. The van der Waals surface area contributed by atoms with Crippen LogP contribution >= 0.6 is 11.3 Å². The van der Waals surface area contributed by atoms with E-state index >= 15 is 0 Å². The number of carbonyl (C=O) groups is 1. The highest BCUT2D eigenvalue weighted by Gasteiger charge is 2.16. The highest BCUT2D eigenvalue weighted by atomic mass is 32.1. The molecule has 4 rings (SSSR count). The average Bonchev–Trinajstić information content (AvgIpc) is 3.18. The number of hydrogen-bond donors (Lipinski definition) is 2. The van der Waals surface area contributed by atoms with Gasteiger partial charge in [-0.2, -0.15) is 5.10 Å². The van der Waals surface area contributed by atoms with Crippen molar-refractivity contribution < 1.29 is 4.79 Å². The Bertz CT molecular complexity index is 1150. The number of rotatable bonds is 6. The van der Waals surface area contributed by atoms with Crippen molar-refractivity contribution in [3.63, 3.8) is 0 Å². The van der Waals surface area contributed by atoms with Crippen LogP contribution in [0.2, 0.25) is 0 Å². The van der Waals surface area contributed by atoms with Gasteiger partial charge in [0, 0.05) is 11.1 Å². The molecule has 0 unspecified atom stereocenters. The van der Waals surface area contributed by atoms with E-state index in [2.05, 4.69) is 20.8 Å². The van der Waals surface area contributed by atoms with Gasteiger partial charge in [-0.1, -0.05) is 89.7 Å². The number of aromatic nitrogens is 1. The standard InChI is InChI=1S/C24H20N4OS/c1-17-12-14-20(15-13-17)22(29)27-23-21(19-10-6-3-7-11-19)26-24(30-23)28-25-16-18-8-4-2-5-9-18/h2-16H,1H3,(H,26,28)(H,27,29)/b25-16-. The molecule has 0 radical (unpaired) electrons. The molecule has 148 valence electrons. The highest BCUT2D eigenvalue weighted by molar-refractivity contribution is 7.20. The molecule has 0 aliphatic carbocycles. The molecule has 0 saturated heterocycles. The van der Waals surface area contributed by atoms with E-state index in [4.69, 9.17) is 0 Å². The second-order valence-electron chi connectivity index (χ2n) is 6.66. The molecule has 1 aromatic heterocycles. The Morgan fingerprint density at radius 3 is 2.30 bits per heavy atom. The molecule has 0 atom stereocenters. The minimum atomic E-state index is -0.171. The summed E-state index contributed by atoms with van der Waals surface area (Å²) in [7, 11) is 0. The molecule has 1 heterocycles. The first-order chi connectivity index (χ1) is 14.7. The predicted molar refractivity (Wildman–Crippen MR) is 124 cm³/mol. The lowest BCUT2D eigenvalue weighted by Gasteiger charge is -2.05. The minimum Gasteiger partial charge on any atom is -0.312 e. The third-order valence-electron chi connectivity index (χ3n) is 4.39. The van der Waals surface area contributed by atoms with Gasteiger partial charge in [-0.15, -0.1) is 0 Å². The normalized spacial score (nSPS) is 10.8. The second kappa shape index (κ2) is 9.15. The smallest absolute Gasteiger partial charge is 0.256 e. The largest absolute Gasteiger partial charge is 0.312 e. The van der Waals surface area contributed by atoms with Gasteiger partial charge in [0.15, 0.2) is 0 Å². The number of aryl methyl sites for hydroxylation is 1. The molecular formula is C24H20N4OS. The van der Waals surface area contributed by atoms with Gasteiger partial charge in [0.1, 0.15) is 10.7 Å². The number of thiazole rings is 1. The van der Waals surface area contributed by atoms with Gasteiger partial charge in [0.05, 0.1) is 6.21 Å². The Balaban J connectivity index is 1.58. The van der Waals surface area contributed by atoms with Gasteiger partial charge in [-0.3, -0.25) is 10.2 Å². The number of carbonyl (C=O) groups excluding carboxylic acids is 1. The molecule has 1 amide bonds. The van der Waals surface area contributed by atoms with Gasteiger partial charge >= 0.3 is 0 Å². The summed E-state index contributed by atoms with van der Waals surface area (Å²) < 4.78 is 0. The van der Waals surface area contributed by atoms with E-state index in [-0.39, 0.29) is 5.91 Å². The zero-order valence-electron chi connectivity index (χ0n) is 16.4. The van der Waals surface area contributed by atoms with Crippen LogP contribution in [0.4, 0.5) is 10.1 Å². The third kappa shape index (κ3) is 4.79. The van der Waals surface area contributed by atoms with Crippen molar-refractivity contribution in [3.8, 4) is 11.3 Å². The fraction of sp³-hybridized carbons (Fsp3) is 0.0417. The summed E-state index contributed by atoms with van der Waals surface area (Å²) >= 11 is 1.35. The molecule has 0 aliphatic heterocycles. The third-order valence-corrected chi connectivity index (χ3v) is 5.26. The molecule has 2 N–H and O–H groups in total. The Morgan fingerprint density at radius 1 is 0.933 bits per heavy atom. The first kappa shape index (κ1) is 19.5. The van der Waals surface area contributed by atoms with Gasteiger partial charge in [-0.25, -0.2) is 4.98 Å². The summed E-state index contributed by atoms with van der Waals surface area (Å²) in [6.45, 7) is 1.99. The maximum absolute atomic E-state index is 12.7. The van der Waals surface area contributed by atoms with Crippen molar-refractivity contribution in [2.75, 3.05) is 10.7 Å². The number of amides is 1. The maximum atomic E-state index is 12.7. The Kier molecular flexibility index (Phi) is 5.96. The molecule has 0 aliphatic rings. The van der Waals surface area contributed by atoms with Crippen molar-refractivity contribution in [2.24, 2.45) is 5.10 Å². The fourth-order valence-corrected chi connectivity index (χ4v) is 3.66. The molecular weight excluding hydrogens is 392 g/mol. The van der Waals surface area contributed by atoms with E-state index in [1.54, 1.807) is 6.21 Å². The number of nitrogens with one attached hydrogen (secondary N) is 2. The maximum Gasteiger partial charge on any atom is 0.256 e. The molecule has 0 spiro atoms. The lowest BCUT2D eigenvalue weighted by molar-refractivity contribution is 0.102. The van der Waals surface area contributed by atoms with Crippen LogP contribution < -0.4 is 10.7 Å². The Hall–Kier alpha value is -3.77.